The quantitative estimate of drug-likeness (QED) is 0.824. The molecule has 0 heterocycles. The van der Waals surface area contributed by atoms with Crippen molar-refractivity contribution in [3.63, 3.8) is 0 Å². The zero-order valence-electron chi connectivity index (χ0n) is 7.22. The van der Waals surface area contributed by atoms with E-state index in [2.05, 4.69) is 38.4 Å². The van der Waals surface area contributed by atoms with Crippen LogP contribution in [0.1, 0.15) is 18.6 Å². The summed E-state index contributed by atoms with van der Waals surface area (Å²) in [6, 6.07) is 5.68. The van der Waals surface area contributed by atoms with Gasteiger partial charge in [0.2, 0.25) is 0 Å². The molecule has 0 bridgehead atoms. The lowest BCUT2D eigenvalue weighted by atomic mass is 10.0. The molecule has 1 aromatic carbocycles. The van der Waals surface area contributed by atoms with Crippen LogP contribution in [0.5, 0.6) is 0 Å². The van der Waals surface area contributed by atoms with Crippen LogP contribution in [0, 0.1) is 0 Å². The van der Waals surface area contributed by atoms with Crippen LogP contribution in [0.25, 0.3) is 0 Å². The highest BCUT2D eigenvalue weighted by Gasteiger charge is 2.08. The molecule has 13 heavy (non-hydrogen) atoms. The minimum atomic E-state index is -0.589. The lowest BCUT2D eigenvalue weighted by molar-refractivity contribution is 0.216. The summed E-state index contributed by atoms with van der Waals surface area (Å²) in [5, 5.41) is 9.71. The molecular weight excluding hydrogens is 296 g/mol. The highest BCUT2D eigenvalue weighted by molar-refractivity contribution is 9.11. The van der Waals surface area contributed by atoms with Gasteiger partial charge in [0.25, 0.3) is 0 Å². The Labute approximate surface area is 94.7 Å². The highest BCUT2D eigenvalue weighted by atomic mass is 79.9. The number of halogens is 2. The lowest BCUT2D eigenvalue weighted by Crippen LogP contribution is -1.97. The van der Waals surface area contributed by atoms with E-state index in [0.717, 1.165) is 20.1 Å². The van der Waals surface area contributed by atoms with E-state index in [1.54, 1.807) is 6.92 Å². The third kappa shape index (κ3) is 2.93. The monoisotopic (exact) mass is 304 g/mol. The summed E-state index contributed by atoms with van der Waals surface area (Å²) in [5.41, 5.74) is 1.58. The summed E-state index contributed by atoms with van der Waals surface area (Å²) in [7, 11) is 0. The molecule has 0 aromatic heterocycles. The molecule has 0 spiro atoms. The molecule has 1 atom stereocenters. The zero-order chi connectivity index (χ0) is 10.0. The topological polar surface area (TPSA) is 20.2 Å². The van der Waals surface area contributed by atoms with Crippen LogP contribution < -0.4 is 0 Å². The molecule has 1 rings (SSSR count). The number of hydrogen-bond acceptors (Lipinski definition) is 1. The average molecular weight is 306 g/mol. The number of hydrogen-bond donors (Lipinski definition) is 1. The van der Waals surface area contributed by atoms with Crippen molar-refractivity contribution in [3.05, 3.63) is 44.9 Å². The average Bonchev–Trinajstić information content (AvgIpc) is 2.01. The Morgan fingerprint density at radius 3 is 2.15 bits per heavy atom. The molecular formula is C10H10Br2O. The Morgan fingerprint density at radius 1 is 1.31 bits per heavy atom. The molecule has 70 valence electrons. The molecule has 0 aliphatic carbocycles. The Kier molecular flexibility index (Phi) is 3.71. The molecule has 1 nitrogen and oxygen atoms in total. The van der Waals surface area contributed by atoms with Gasteiger partial charge in [0.15, 0.2) is 0 Å². The molecule has 0 saturated heterocycles. The van der Waals surface area contributed by atoms with Crippen molar-refractivity contribution in [2.75, 3.05) is 0 Å². The zero-order valence-corrected chi connectivity index (χ0v) is 10.4. The predicted octanol–water partition coefficient (Wildman–Crippen LogP) is 3.82. The maximum absolute atomic E-state index is 9.71. The van der Waals surface area contributed by atoms with Gasteiger partial charge < -0.3 is 5.11 Å². The summed E-state index contributed by atoms with van der Waals surface area (Å²) in [5.74, 6) is 0. The van der Waals surface area contributed by atoms with Gasteiger partial charge in [0.1, 0.15) is 0 Å². The Balaban J connectivity index is 3.07. The van der Waals surface area contributed by atoms with E-state index >= 15 is 0 Å². The Bertz CT molecular complexity index is 313. The maximum Gasteiger partial charge on any atom is 0.0996 e. The Hall–Kier alpha value is -0.120. The molecule has 0 aliphatic rings. The van der Waals surface area contributed by atoms with Gasteiger partial charge >= 0.3 is 0 Å². The van der Waals surface area contributed by atoms with Crippen molar-refractivity contribution < 1.29 is 5.11 Å². The van der Waals surface area contributed by atoms with E-state index in [1.807, 2.05) is 18.2 Å². The lowest BCUT2D eigenvalue weighted by Gasteiger charge is -2.11. The summed E-state index contributed by atoms with van der Waals surface area (Å²) < 4.78 is 1.88. The minimum absolute atomic E-state index is 0.589. The number of aliphatic hydroxyl groups is 1. The number of benzene rings is 1. The van der Waals surface area contributed by atoms with E-state index in [-0.39, 0.29) is 0 Å². The van der Waals surface area contributed by atoms with E-state index in [4.69, 9.17) is 0 Å². The smallest absolute Gasteiger partial charge is 0.0996 e. The first-order valence-corrected chi connectivity index (χ1v) is 5.39. The SMILES string of the molecule is C=C(C)C(O)c1cc(Br)cc(Br)c1. The third-order valence-electron chi connectivity index (χ3n) is 1.67. The fourth-order valence-electron chi connectivity index (χ4n) is 1.02. The number of aliphatic hydroxyl groups excluding tert-OH is 1. The second-order valence-electron chi connectivity index (χ2n) is 2.95. The summed E-state index contributed by atoms with van der Waals surface area (Å²) in [4.78, 5) is 0. The van der Waals surface area contributed by atoms with Crippen molar-refractivity contribution in [2.45, 2.75) is 13.0 Å². The first-order chi connectivity index (χ1) is 6.00. The predicted molar refractivity (Wildman–Crippen MR) is 61.6 cm³/mol. The van der Waals surface area contributed by atoms with Gasteiger partial charge in [-0.25, -0.2) is 0 Å². The van der Waals surface area contributed by atoms with Crippen LogP contribution in [0.4, 0.5) is 0 Å². The third-order valence-corrected chi connectivity index (χ3v) is 2.58. The molecule has 0 radical (unpaired) electrons. The fraction of sp³-hybridized carbons (Fsp3) is 0.200. The molecule has 3 heteroatoms. The van der Waals surface area contributed by atoms with Gasteiger partial charge in [0, 0.05) is 8.95 Å². The first-order valence-electron chi connectivity index (χ1n) is 3.80. The summed E-state index contributed by atoms with van der Waals surface area (Å²) in [6.07, 6.45) is -0.589. The van der Waals surface area contributed by atoms with E-state index in [1.165, 1.54) is 0 Å². The summed E-state index contributed by atoms with van der Waals surface area (Å²) in [6.45, 7) is 5.52. The van der Waals surface area contributed by atoms with Crippen LogP contribution in [0.15, 0.2) is 39.3 Å². The van der Waals surface area contributed by atoms with Crippen molar-refractivity contribution in [1.82, 2.24) is 0 Å². The van der Waals surface area contributed by atoms with Crippen LogP contribution >= 0.6 is 31.9 Å². The van der Waals surface area contributed by atoms with Crippen molar-refractivity contribution in [2.24, 2.45) is 0 Å². The fourth-order valence-corrected chi connectivity index (χ4v) is 2.35. The number of rotatable bonds is 2. The van der Waals surface area contributed by atoms with Crippen molar-refractivity contribution >= 4 is 31.9 Å². The minimum Gasteiger partial charge on any atom is -0.384 e. The van der Waals surface area contributed by atoms with Gasteiger partial charge in [-0.2, -0.15) is 0 Å². The van der Waals surface area contributed by atoms with Gasteiger partial charge in [-0.05, 0) is 36.3 Å². The second kappa shape index (κ2) is 4.40. The molecule has 0 fully saturated rings. The van der Waals surface area contributed by atoms with Crippen LogP contribution in [-0.4, -0.2) is 5.11 Å². The highest BCUT2D eigenvalue weighted by Crippen LogP contribution is 2.26. The normalized spacial score (nSPS) is 12.6. The van der Waals surface area contributed by atoms with Gasteiger partial charge in [-0.1, -0.05) is 38.4 Å². The van der Waals surface area contributed by atoms with Crippen molar-refractivity contribution in [1.29, 1.82) is 0 Å². The van der Waals surface area contributed by atoms with E-state index in [0.29, 0.717) is 0 Å². The van der Waals surface area contributed by atoms with Crippen LogP contribution in [-0.2, 0) is 0 Å². The van der Waals surface area contributed by atoms with Gasteiger partial charge in [-0.3, -0.25) is 0 Å². The standard InChI is InChI=1S/C10H10Br2O/c1-6(2)10(13)7-3-8(11)5-9(12)4-7/h3-5,10,13H,1H2,2H3. The second-order valence-corrected chi connectivity index (χ2v) is 4.78. The molecule has 1 unspecified atom stereocenters. The molecule has 0 aliphatic heterocycles. The van der Waals surface area contributed by atoms with Crippen molar-refractivity contribution in [3.8, 4) is 0 Å². The largest absolute Gasteiger partial charge is 0.384 e. The van der Waals surface area contributed by atoms with Gasteiger partial charge in [-0.15, -0.1) is 0 Å². The Morgan fingerprint density at radius 2 is 1.77 bits per heavy atom. The van der Waals surface area contributed by atoms with Crippen LogP contribution in [0.3, 0.4) is 0 Å². The molecule has 0 amide bonds. The maximum atomic E-state index is 9.71. The summed E-state index contributed by atoms with van der Waals surface area (Å²) >= 11 is 6.72. The van der Waals surface area contributed by atoms with Gasteiger partial charge in [0.05, 0.1) is 6.10 Å². The molecule has 1 N–H and O–H groups in total. The first kappa shape index (κ1) is 11.0. The molecule has 0 saturated carbocycles. The van der Waals surface area contributed by atoms with Crippen LogP contribution in [0.2, 0.25) is 0 Å². The van der Waals surface area contributed by atoms with E-state index < -0.39 is 6.10 Å². The molecule has 1 aromatic rings. The van der Waals surface area contributed by atoms with E-state index in [9.17, 15) is 5.11 Å².